The van der Waals surface area contributed by atoms with Crippen LogP contribution in [0.15, 0.2) is 18.6 Å². The van der Waals surface area contributed by atoms with E-state index in [-0.39, 0.29) is 6.04 Å². The van der Waals surface area contributed by atoms with E-state index in [9.17, 15) is 0 Å². The number of ether oxygens (including phenoxy) is 1. The van der Waals surface area contributed by atoms with Crippen LogP contribution in [0.25, 0.3) is 0 Å². The summed E-state index contributed by atoms with van der Waals surface area (Å²) in [5, 5.41) is 3.57. The summed E-state index contributed by atoms with van der Waals surface area (Å²) in [7, 11) is 0. The second kappa shape index (κ2) is 6.67. The van der Waals surface area contributed by atoms with Crippen molar-refractivity contribution in [1.29, 1.82) is 0 Å². The van der Waals surface area contributed by atoms with Gasteiger partial charge in [-0.3, -0.25) is 9.97 Å². The predicted octanol–water partition coefficient (Wildman–Crippen LogP) is 1.94. The molecule has 2 unspecified atom stereocenters. The highest BCUT2D eigenvalue weighted by Gasteiger charge is 2.26. The maximum Gasteiger partial charge on any atom is 0.0759 e. The summed E-state index contributed by atoms with van der Waals surface area (Å²) in [4.78, 5) is 8.59. The Balaban J connectivity index is 2.06. The fourth-order valence-corrected chi connectivity index (χ4v) is 2.31. The highest BCUT2D eigenvalue weighted by molar-refractivity contribution is 5.04. The zero-order chi connectivity index (χ0) is 11.9. The topological polar surface area (TPSA) is 47.0 Å². The highest BCUT2D eigenvalue weighted by Crippen LogP contribution is 2.27. The van der Waals surface area contributed by atoms with Gasteiger partial charge in [0.05, 0.1) is 18.3 Å². The maximum absolute atomic E-state index is 5.58. The molecule has 1 aliphatic heterocycles. The standard InChI is InChI=1S/C13H21N3O/c1-2-5-16-13(11-4-3-8-17-10-11)12-9-14-6-7-15-12/h6-7,9,11,13,16H,2-5,8,10H2,1H3. The van der Waals surface area contributed by atoms with Crippen LogP contribution in [0.5, 0.6) is 0 Å². The molecule has 0 bridgehead atoms. The van der Waals surface area contributed by atoms with Gasteiger partial charge in [0.1, 0.15) is 0 Å². The van der Waals surface area contributed by atoms with Crippen LogP contribution in [0.2, 0.25) is 0 Å². The molecule has 1 aliphatic rings. The van der Waals surface area contributed by atoms with Crippen molar-refractivity contribution in [2.24, 2.45) is 5.92 Å². The minimum absolute atomic E-state index is 0.281. The molecular formula is C13H21N3O. The molecule has 0 saturated carbocycles. The molecule has 2 atom stereocenters. The Bertz CT molecular complexity index is 312. The van der Waals surface area contributed by atoms with Crippen LogP contribution in [0.3, 0.4) is 0 Å². The largest absolute Gasteiger partial charge is 0.381 e. The average Bonchev–Trinajstić information content (AvgIpc) is 2.42. The van der Waals surface area contributed by atoms with Crippen LogP contribution in [-0.4, -0.2) is 29.7 Å². The van der Waals surface area contributed by atoms with Crippen molar-refractivity contribution in [1.82, 2.24) is 15.3 Å². The van der Waals surface area contributed by atoms with Gasteiger partial charge in [-0.25, -0.2) is 0 Å². The summed E-state index contributed by atoms with van der Waals surface area (Å²) < 4.78 is 5.58. The first-order valence-corrected chi connectivity index (χ1v) is 6.49. The van der Waals surface area contributed by atoms with Gasteiger partial charge in [0.25, 0.3) is 0 Å². The van der Waals surface area contributed by atoms with E-state index in [1.165, 1.54) is 6.42 Å². The van der Waals surface area contributed by atoms with Crippen molar-refractivity contribution >= 4 is 0 Å². The summed E-state index contributed by atoms with van der Waals surface area (Å²) in [5.41, 5.74) is 1.04. The third kappa shape index (κ3) is 3.48. The van der Waals surface area contributed by atoms with Gasteiger partial charge in [0, 0.05) is 31.1 Å². The van der Waals surface area contributed by atoms with E-state index in [0.717, 1.165) is 38.3 Å². The molecule has 0 spiro atoms. The molecule has 94 valence electrons. The molecule has 1 saturated heterocycles. The summed E-state index contributed by atoms with van der Waals surface area (Å²) >= 11 is 0. The van der Waals surface area contributed by atoms with Crippen molar-refractivity contribution in [3.05, 3.63) is 24.3 Å². The first-order chi connectivity index (χ1) is 8.42. The lowest BCUT2D eigenvalue weighted by Crippen LogP contribution is -2.34. The minimum Gasteiger partial charge on any atom is -0.381 e. The molecule has 17 heavy (non-hydrogen) atoms. The molecule has 0 amide bonds. The quantitative estimate of drug-likeness (QED) is 0.847. The Morgan fingerprint density at radius 2 is 2.47 bits per heavy atom. The Kier molecular flexibility index (Phi) is 4.88. The number of nitrogens with zero attached hydrogens (tertiary/aromatic N) is 2. The van der Waals surface area contributed by atoms with Crippen molar-refractivity contribution in [2.75, 3.05) is 19.8 Å². The molecular weight excluding hydrogens is 214 g/mol. The SMILES string of the molecule is CCCNC(c1cnccn1)C1CCCOC1. The van der Waals surface area contributed by atoms with E-state index in [2.05, 4.69) is 22.2 Å². The maximum atomic E-state index is 5.58. The van der Waals surface area contributed by atoms with Crippen LogP contribution >= 0.6 is 0 Å². The third-order valence-corrected chi connectivity index (χ3v) is 3.18. The lowest BCUT2D eigenvalue weighted by molar-refractivity contribution is 0.0383. The molecule has 1 aromatic heterocycles. The number of rotatable bonds is 5. The van der Waals surface area contributed by atoms with Gasteiger partial charge in [0.15, 0.2) is 0 Å². The molecule has 4 heteroatoms. The van der Waals surface area contributed by atoms with Crippen molar-refractivity contribution in [3.63, 3.8) is 0 Å². The molecule has 2 heterocycles. The first kappa shape index (κ1) is 12.5. The predicted molar refractivity (Wildman–Crippen MR) is 66.6 cm³/mol. The van der Waals surface area contributed by atoms with E-state index in [1.54, 1.807) is 12.4 Å². The summed E-state index contributed by atoms with van der Waals surface area (Å²) in [6, 6.07) is 0.281. The van der Waals surface area contributed by atoms with Gasteiger partial charge in [-0.05, 0) is 25.8 Å². The van der Waals surface area contributed by atoms with Crippen molar-refractivity contribution in [2.45, 2.75) is 32.2 Å². The van der Waals surface area contributed by atoms with Gasteiger partial charge in [0.2, 0.25) is 0 Å². The Hall–Kier alpha value is -1.00. The smallest absolute Gasteiger partial charge is 0.0759 e. The van der Waals surface area contributed by atoms with Crippen LogP contribution in [0.1, 0.15) is 37.9 Å². The summed E-state index contributed by atoms with van der Waals surface area (Å²) in [6.45, 7) is 4.92. The minimum atomic E-state index is 0.281. The molecule has 4 nitrogen and oxygen atoms in total. The molecule has 0 radical (unpaired) electrons. The monoisotopic (exact) mass is 235 g/mol. The molecule has 1 aromatic rings. The zero-order valence-electron chi connectivity index (χ0n) is 10.4. The van der Waals surface area contributed by atoms with Crippen molar-refractivity contribution in [3.8, 4) is 0 Å². The average molecular weight is 235 g/mol. The van der Waals surface area contributed by atoms with Gasteiger partial charge >= 0.3 is 0 Å². The molecule has 1 N–H and O–H groups in total. The molecule has 2 rings (SSSR count). The Morgan fingerprint density at radius 3 is 3.12 bits per heavy atom. The number of hydrogen-bond donors (Lipinski definition) is 1. The van der Waals surface area contributed by atoms with Gasteiger partial charge in [-0.2, -0.15) is 0 Å². The van der Waals surface area contributed by atoms with Gasteiger partial charge < -0.3 is 10.1 Å². The van der Waals surface area contributed by atoms with Gasteiger partial charge in [-0.1, -0.05) is 6.92 Å². The van der Waals surface area contributed by atoms with Crippen LogP contribution < -0.4 is 5.32 Å². The van der Waals surface area contributed by atoms with Crippen LogP contribution in [0.4, 0.5) is 0 Å². The summed E-state index contributed by atoms with van der Waals surface area (Å²) in [6.07, 6.45) is 8.83. The normalized spacial score (nSPS) is 22.3. The van der Waals surface area contributed by atoms with Crippen LogP contribution in [-0.2, 0) is 4.74 Å². The fourth-order valence-electron chi connectivity index (χ4n) is 2.31. The lowest BCUT2D eigenvalue weighted by atomic mass is 9.91. The van der Waals surface area contributed by atoms with E-state index in [0.29, 0.717) is 5.92 Å². The second-order valence-corrected chi connectivity index (χ2v) is 4.54. The summed E-state index contributed by atoms with van der Waals surface area (Å²) in [5.74, 6) is 0.520. The number of nitrogens with one attached hydrogen (secondary N) is 1. The van der Waals surface area contributed by atoms with E-state index in [1.807, 2.05) is 6.20 Å². The molecule has 0 aromatic carbocycles. The van der Waals surface area contributed by atoms with E-state index < -0.39 is 0 Å². The van der Waals surface area contributed by atoms with E-state index in [4.69, 9.17) is 4.74 Å². The van der Waals surface area contributed by atoms with E-state index >= 15 is 0 Å². The van der Waals surface area contributed by atoms with Crippen LogP contribution in [0, 0.1) is 5.92 Å². The Morgan fingerprint density at radius 1 is 1.53 bits per heavy atom. The lowest BCUT2D eigenvalue weighted by Gasteiger charge is -2.30. The number of aromatic nitrogens is 2. The van der Waals surface area contributed by atoms with Crippen molar-refractivity contribution < 1.29 is 4.74 Å². The number of hydrogen-bond acceptors (Lipinski definition) is 4. The second-order valence-electron chi connectivity index (χ2n) is 4.54. The highest BCUT2D eigenvalue weighted by atomic mass is 16.5. The fraction of sp³-hybridized carbons (Fsp3) is 0.692. The Labute approximate surface area is 103 Å². The van der Waals surface area contributed by atoms with Gasteiger partial charge in [-0.15, -0.1) is 0 Å². The first-order valence-electron chi connectivity index (χ1n) is 6.49. The molecule has 1 fully saturated rings. The third-order valence-electron chi connectivity index (χ3n) is 3.18. The zero-order valence-corrected chi connectivity index (χ0v) is 10.4. The molecule has 0 aliphatic carbocycles.